The second-order valence-corrected chi connectivity index (χ2v) is 40.5. The molecule has 0 spiro atoms. The number of carboxylic acid groups (broad SMARTS) is 2. The zero-order valence-electron chi connectivity index (χ0n) is 82.9. The first-order chi connectivity index (χ1) is 65.3. The van der Waals surface area contributed by atoms with E-state index in [-0.39, 0.29) is 121 Å². The predicted molar refractivity (Wildman–Crippen MR) is 527 cm³/mol. The number of rotatable bonds is 44. The van der Waals surface area contributed by atoms with Crippen LogP contribution in [0.4, 0.5) is 0 Å². The van der Waals surface area contributed by atoms with Crippen LogP contribution in [0.1, 0.15) is 261 Å². The van der Waals surface area contributed by atoms with Gasteiger partial charge in [0.25, 0.3) is 21.9 Å². The Morgan fingerprint density at radius 2 is 0.781 bits per heavy atom. The van der Waals surface area contributed by atoms with E-state index in [0.717, 1.165) is 207 Å². The normalized spacial score (nSPS) is 21.5. The highest BCUT2D eigenvalue weighted by atomic mass is 32.2. The van der Waals surface area contributed by atoms with Crippen LogP contribution < -0.4 is 30.6 Å². The van der Waals surface area contributed by atoms with Gasteiger partial charge in [0.1, 0.15) is 48.6 Å². The number of benzene rings is 6. The van der Waals surface area contributed by atoms with Crippen molar-refractivity contribution in [3.05, 3.63) is 190 Å². The standard InChI is InChI=1S/C35H49NO6.C28H43NO6.C23H34O5.C12H17NO2.C7H8O3S.C4H8O2/c1-4-5-7-14-27(37)16-17-28-29-18-25-13-10-15-32(30(25)19-26(29)20-31(28)38)41-22-33(39)36-34(23(2)3)35(40)42-21-24-11-8-6-9-12-24;1-4-5-6-9-20(30)11-12-21-22-13-18-8-7-10-25(23(18)14-19(22)15-24(21)31)35-16-26(32)29-27(17(2)3)28(33)34;1-2-3-4-7-17(24)9-10-18-19-11-15-6-5-8-22(28-14-23(26)27)20(15)12-16(19)13-21(18)25;1-9(2)11(13)12(14)15-8-10-6-4-3-5-7-10;1-6-2-4-7(5-3-6)11(8,9)10;1-3-6-4(2)5/h6,8-13,15,23,26-29,31,34,37-38H,4-5,7,14,16-22H2,1-3H3,(H,36,39);7-8,10,17,19-22,24,27,30-31H,4-6,9,11-16H2,1-3H3,(H,29,32)(H,33,34);5-6,8,16-19,21,24-25H,2-4,7,9-14H2,1H3,(H,26,27);3-7,9,11H,8,13H2,1-2H3;2-5H,1H3,(H,8,9,10);3H2,1-2H3/t26-,27-,28+,29-,31+,34?;19-,20-,21+,22-,24+,27?;16-,17-,18+,19-,21+;11-;;/m0000../s1. The van der Waals surface area contributed by atoms with Gasteiger partial charge in [0.15, 0.2) is 19.8 Å². The second-order valence-electron chi connectivity index (χ2n) is 39.1. The van der Waals surface area contributed by atoms with Crippen LogP contribution in [-0.4, -0.2) is 177 Å². The zero-order chi connectivity index (χ0) is 100. The number of carboxylic acids is 2. The number of fused-ring (bicyclic) bond motifs is 6. The fourth-order valence-electron chi connectivity index (χ4n) is 20.0. The summed E-state index contributed by atoms with van der Waals surface area (Å²) in [6, 6.07) is 40.5. The third kappa shape index (κ3) is 38.3. The molecule has 0 heterocycles. The summed E-state index contributed by atoms with van der Waals surface area (Å²) < 4.78 is 61.9. The molecule has 0 bridgehead atoms. The highest BCUT2D eigenvalue weighted by molar-refractivity contribution is 7.85. The topological polar surface area (TPSA) is 441 Å². The van der Waals surface area contributed by atoms with Crippen LogP contribution in [0.2, 0.25) is 0 Å². The van der Waals surface area contributed by atoms with Gasteiger partial charge < -0.3 is 85.6 Å². The van der Waals surface area contributed by atoms with Gasteiger partial charge in [-0.15, -0.1) is 0 Å². The zero-order valence-corrected chi connectivity index (χ0v) is 83.7. The SMILES string of the molecule is CC(C)[C@H](N)C(=O)OCc1ccccc1.CCCCC[C@H](O)CC[C@@H]1[C@H]2Cc3cccc(OCC(=O)NC(C(=O)O)C(C)C)c3C[C@H]2C[C@H]1O.CCCCC[C@H](O)CC[C@@H]1[C@H]2Cc3cccc(OCC(=O)NC(C(=O)OCc4ccccc4)C(C)C)c3C[C@H]2C[C@H]1O.CCCCC[C@H](O)CC[C@@H]1[C@H]2Cc3cccc(OCC(=O)O)c3C[C@H]2C[C@H]1O.CCOC(C)=O.Cc1ccc(S(=O)(=O)O)cc1. The van der Waals surface area contributed by atoms with Crippen LogP contribution in [0.5, 0.6) is 17.2 Å². The minimum absolute atomic E-state index is 0.0666. The molecule has 2 unspecified atom stereocenters. The van der Waals surface area contributed by atoms with Crippen LogP contribution in [0.15, 0.2) is 144 Å². The largest absolute Gasteiger partial charge is 0.483 e. The summed E-state index contributed by atoms with van der Waals surface area (Å²) in [7, 11) is -4.02. The Morgan fingerprint density at radius 1 is 0.431 bits per heavy atom. The van der Waals surface area contributed by atoms with E-state index in [0.29, 0.717) is 66.0 Å². The molecule has 6 aromatic carbocycles. The lowest BCUT2D eigenvalue weighted by molar-refractivity contribution is -0.150. The number of aliphatic carboxylic acids is 2. The van der Waals surface area contributed by atoms with Crippen molar-refractivity contribution < 1.29 is 116 Å². The Labute approximate surface area is 813 Å². The van der Waals surface area contributed by atoms with Crippen LogP contribution in [0.3, 0.4) is 0 Å². The average molecular weight is 1930 g/mol. The molecule has 137 heavy (non-hydrogen) atoms. The lowest BCUT2D eigenvalue weighted by atomic mass is 9.73. The van der Waals surface area contributed by atoms with Crippen molar-refractivity contribution in [3.63, 3.8) is 0 Å². The second kappa shape index (κ2) is 59.3. The van der Waals surface area contributed by atoms with Crippen molar-refractivity contribution in [2.75, 3.05) is 26.4 Å². The Bertz CT molecular complexity index is 4750. The number of aryl methyl sites for hydroxylation is 1. The van der Waals surface area contributed by atoms with Crippen molar-refractivity contribution >= 4 is 51.8 Å². The molecular weight excluding hydrogens is 1770 g/mol. The summed E-state index contributed by atoms with van der Waals surface area (Å²) in [6.45, 7) is 22.7. The molecule has 0 aliphatic heterocycles. The third-order valence-electron chi connectivity index (χ3n) is 27.6. The molecule has 28 heteroatoms. The Balaban J connectivity index is 0.000000243. The number of nitrogens with one attached hydrogen (secondary N) is 2. The van der Waals surface area contributed by atoms with Crippen LogP contribution in [0, 0.1) is 77.9 Å². The fraction of sp³-hybridized carbons (Fsp3) is 0.606. The van der Waals surface area contributed by atoms with Gasteiger partial charge in [-0.25, -0.2) is 14.4 Å². The number of ether oxygens (including phenoxy) is 6. The maximum Gasteiger partial charge on any atom is 0.341 e. The molecule has 760 valence electrons. The third-order valence-corrected chi connectivity index (χ3v) is 28.5. The van der Waals surface area contributed by atoms with Gasteiger partial charge in [-0.1, -0.05) is 235 Å². The van der Waals surface area contributed by atoms with Gasteiger partial charge in [-0.05, 0) is 275 Å². The lowest BCUT2D eigenvalue weighted by Crippen LogP contribution is -2.47. The molecule has 6 aliphatic rings. The summed E-state index contributed by atoms with van der Waals surface area (Å²) in [5, 5.41) is 87.1. The molecule has 12 rings (SSSR count). The molecule has 0 saturated heterocycles. The molecule has 0 aromatic heterocycles. The maximum atomic E-state index is 12.9. The van der Waals surface area contributed by atoms with Gasteiger partial charge in [0, 0.05) is 6.92 Å². The van der Waals surface area contributed by atoms with Gasteiger partial charge in [0.2, 0.25) is 0 Å². The fourth-order valence-corrected chi connectivity index (χ4v) is 20.5. The van der Waals surface area contributed by atoms with Gasteiger partial charge in [0.05, 0.1) is 48.1 Å². The monoisotopic (exact) mass is 1930 g/mol. The molecule has 3 saturated carbocycles. The number of hydrogen-bond acceptors (Lipinski definition) is 22. The van der Waals surface area contributed by atoms with Gasteiger partial charge in [-0.3, -0.25) is 23.7 Å². The molecule has 27 nitrogen and oxygen atoms in total. The van der Waals surface area contributed by atoms with Crippen molar-refractivity contribution in [1.82, 2.24) is 10.6 Å². The van der Waals surface area contributed by atoms with E-state index < -0.39 is 52.1 Å². The molecule has 18 atom stereocenters. The molecule has 13 N–H and O–H groups in total. The van der Waals surface area contributed by atoms with Crippen LogP contribution in [0.25, 0.3) is 0 Å². The molecule has 6 aromatic rings. The van der Waals surface area contributed by atoms with Crippen molar-refractivity contribution in [3.8, 4) is 17.2 Å². The van der Waals surface area contributed by atoms with E-state index in [4.69, 9.17) is 39.1 Å². The van der Waals surface area contributed by atoms with Crippen LogP contribution >= 0.6 is 0 Å². The Kier molecular flexibility index (Phi) is 49.6. The number of nitrogens with two attached hydrogens (primary N) is 1. The summed E-state index contributed by atoms with van der Waals surface area (Å²) >= 11 is 0. The van der Waals surface area contributed by atoms with E-state index in [1.807, 2.05) is 132 Å². The Hall–Kier alpha value is -9.36. The maximum absolute atomic E-state index is 12.9. The van der Waals surface area contributed by atoms with Crippen LogP contribution in [-0.2, 0) is 110 Å². The summed E-state index contributed by atoms with van der Waals surface area (Å²) in [6.07, 6.45) is 23.0. The number of amides is 2. The number of aliphatic hydroxyl groups excluding tert-OH is 6. The van der Waals surface area contributed by atoms with Gasteiger partial charge in [-0.2, -0.15) is 8.42 Å². The summed E-state index contributed by atoms with van der Waals surface area (Å²) in [4.78, 5) is 81.3. The van der Waals surface area contributed by atoms with E-state index in [1.54, 1.807) is 32.9 Å². The molecule has 0 radical (unpaired) electrons. The minimum atomic E-state index is -4.02. The number of unbranched alkanes of at least 4 members (excludes halogenated alkanes) is 6. The molecular formula is C109H159N3O24S. The van der Waals surface area contributed by atoms with E-state index in [9.17, 15) is 77.7 Å². The quantitative estimate of drug-likeness (QED) is 0.00731. The number of hydrogen-bond donors (Lipinski definition) is 12. The molecule has 6 aliphatic carbocycles. The number of carbonyl (C=O) groups is 7. The first-order valence-electron chi connectivity index (χ1n) is 50.0. The Morgan fingerprint density at radius 3 is 1.09 bits per heavy atom. The minimum Gasteiger partial charge on any atom is -0.483 e. The van der Waals surface area contributed by atoms with E-state index >= 15 is 0 Å². The van der Waals surface area contributed by atoms with Gasteiger partial charge >= 0.3 is 29.8 Å². The smallest absolute Gasteiger partial charge is 0.341 e. The number of aliphatic hydroxyl groups is 6. The lowest BCUT2D eigenvalue weighted by Gasteiger charge is -2.32. The number of esters is 3. The first-order valence-corrected chi connectivity index (χ1v) is 51.4. The molecule has 2 amide bonds. The van der Waals surface area contributed by atoms with Crippen molar-refractivity contribution in [2.24, 2.45) is 76.7 Å². The number of carbonyl (C=O) groups excluding carboxylic acids is 5. The highest BCUT2D eigenvalue weighted by Gasteiger charge is 2.48. The van der Waals surface area contributed by atoms with Crippen molar-refractivity contribution in [1.29, 1.82) is 0 Å². The first kappa shape index (κ1) is 115. The highest BCUT2D eigenvalue weighted by Crippen LogP contribution is 2.52. The average Bonchev–Trinajstić information content (AvgIpc) is 1.74. The predicted octanol–water partition coefficient (Wildman–Crippen LogP) is 16.2. The van der Waals surface area contributed by atoms with E-state index in [2.05, 4.69) is 54.3 Å². The summed E-state index contributed by atoms with van der Waals surface area (Å²) in [5.41, 5.74) is 15.4. The van der Waals surface area contributed by atoms with E-state index in [1.165, 1.54) is 35.7 Å². The van der Waals surface area contributed by atoms with Crippen molar-refractivity contribution in [2.45, 2.75) is 329 Å². The molecule has 3 fully saturated rings. The summed E-state index contributed by atoms with van der Waals surface area (Å²) in [5.74, 6) is 0.873.